The summed E-state index contributed by atoms with van der Waals surface area (Å²) in [5.74, 6) is -1.02. The van der Waals surface area contributed by atoms with E-state index in [1.54, 1.807) is 19.9 Å². The molecule has 2 heterocycles. The highest BCUT2D eigenvalue weighted by atomic mass is 16.4. The second kappa shape index (κ2) is 8.95. The number of aromatic nitrogens is 3. The second-order valence-electron chi connectivity index (χ2n) is 7.52. The lowest BCUT2D eigenvalue weighted by atomic mass is 10.00. The van der Waals surface area contributed by atoms with E-state index in [0.29, 0.717) is 23.4 Å². The van der Waals surface area contributed by atoms with Gasteiger partial charge in [0.25, 0.3) is 5.56 Å². The molecule has 0 spiro atoms. The molecule has 9 nitrogen and oxygen atoms in total. The van der Waals surface area contributed by atoms with Crippen molar-refractivity contribution in [3.63, 3.8) is 0 Å². The standard InChI is InChI=1S/C22H25N5O4/c1-12-7-8-16(10-13(12)2)17-11-14(3)23-21(20(17)30)25-24-19-15(4)26-27(22(19)31)9-5-6-18(28)29/h7-8,10-11,26,30H,5-6,9H2,1-4H3,(H,28,29). The van der Waals surface area contributed by atoms with Gasteiger partial charge in [0.1, 0.15) is 0 Å². The topological polar surface area (TPSA) is 133 Å². The second-order valence-corrected chi connectivity index (χ2v) is 7.52. The number of aliphatic carboxylic acids is 1. The molecule has 0 fully saturated rings. The maximum Gasteiger partial charge on any atom is 0.303 e. The van der Waals surface area contributed by atoms with Gasteiger partial charge in [-0.2, -0.15) is 0 Å². The number of benzene rings is 1. The fraction of sp³-hybridized carbons (Fsp3) is 0.318. The van der Waals surface area contributed by atoms with Crippen LogP contribution in [0.15, 0.2) is 39.3 Å². The van der Waals surface area contributed by atoms with Crippen LogP contribution in [0.4, 0.5) is 11.5 Å². The van der Waals surface area contributed by atoms with Gasteiger partial charge in [-0.15, -0.1) is 10.2 Å². The van der Waals surface area contributed by atoms with Crippen LogP contribution in [0.25, 0.3) is 11.1 Å². The minimum atomic E-state index is -0.920. The fourth-order valence-electron chi connectivity index (χ4n) is 3.20. The van der Waals surface area contributed by atoms with E-state index in [9.17, 15) is 14.7 Å². The first kappa shape index (κ1) is 21.9. The number of carbonyl (C=O) groups is 1. The van der Waals surface area contributed by atoms with Gasteiger partial charge in [0.2, 0.25) is 5.82 Å². The van der Waals surface area contributed by atoms with Gasteiger partial charge < -0.3 is 10.2 Å². The Bertz CT molecular complexity index is 1220. The molecule has 3 N–H and O–H groups in total. The largest absolute Gasteiger partial charge is 0.504 e. The van der Waals surface area contributed by atoms with Crippen LogP contribution in [0, 0.1) is 27.7 Å². The van der Waals surface area contributed by atoms with Crippen LogP contribution < -0.4 is 5.56 Å². The molecule has 9 heteroatoms. The fourth-order valence-corrected chi connectivity index (χ4v) is 3.20. The summed E-state index contributed by atoms with van der Waals surface area (Å²) >= 11 is 0. The molecular weight excluding hydrogens is 398 g/mol. The maximum atomic E-state index is 12.5. The Balaban J connectivity index is 1.94. The average Bonchev–Trinajstić information content (AvgIpc) is 2.97. The molecule has 0 atom stereocenters. The number of hydrogen-bond acceptors (Lipinski definition) is 6. The number of pyridine rings is 1. The Morgan fingerprint density at radius 2 is 1.87 bits per heavy atom. The zero-order valence-electron chi connectivity index (χ0n) is 17.9. The van der Waals surface area contributed by atoms with Crippen LogP contribution in [0.5, 0.6) is 5.75 Å². The van der Waals surface area contributed by atoms with Crippen molar-refractivity contribution in [1.82, 2.24) is 14.8 Å². The summed E-state index contributed by atoms with van der Waals surface area (Å²) in [5, 5.41) is 30.4. The monoisotopic (exact) mass is 423 g/mol. The van der Waals surface area contributed by atoms with Gasteiger partial charge >= 0.3 is 5.97 Å². The Hall–Kier alpha value is -3.75. The number of aromatic amines is 1. The Morgan fingerprint density at radius 1 is 1.13 bits per heavy atom. The zero-order chi connectivity index (χ0) is 22.7. The minimum absolute atomic E-state index is 0.0191. The average molecular weight is 423 g/mol. The van der Waals surface area contributed by atoms with E-state index in [-0.39, 0.29) is 30.2 Å². The van der Waals surface area contributed by atoms with E-state index in [1.807, 2.05) is 32.0 Å². The number of azo groups is 1. The number of nitrogens with zero attached hydrogens (tertiary/aromatic N) is 4. The Labute approximate surface area is 179 Å². The molecule has 0 amide bonds. The predicted octanol–water partition coefficient (Wildman–Crippen LogP) is 4.46. The molecule has 3 aromatic rings. The normalized spacial score (nSPS) is 11.4. The molecule has 0 aliphatic rings. The molecular formula is C22H25N5O4. The van der Waals surface area contributed by atoms with Gasteiger partial charge in [-0.3, -0.25) is 19.4 Å². The zero-order valence-corrected chi connectivity index (χ0v) is 17.9. The third-order valence-electron chi connectivity index (χ3n) is 5.04. The smallest absolute Gasteiger partial charge is 0.303 e. The molecule has 0 saturated heterocycles. The predicted molar refractivity (Wildman–Crippen MR) is 116 cm³/mol. The summed E-state index contributed by atoms with van der Waals surface area (Å²) in [5.41, 5.74) is 4.49. The van der Waals surface area contributed by atoms with Crippen LogP contribution in [0.2, 0.25) is 0 Å². The van der Waals surface area contributed by atoms with Gasteiger partial charge in [-0.1, -0.05) is 18.2 Å². The third-order valence-corrected chi connectivity index (χ3v) is 5.04. The number of rotatable bonds is 7. The van der Waals surface area contributed by atoms with Gasteiger partial charge in [0, 0.05) is 24.2 Å². The molecule has 2 aromatic heterocycles. The molecule has 0 aliphatic heterocycles. The van der Waals surface area contributed by atoms with E-state index in [1.165, 1.54) is 4.68 Å². The van der Waals surface area contributed by atoms with Crippen LogP contribution in [-0.4, -0.2) is 30.9 Å². The van der Waals surface area contributed by atoms with Gasteiger partial charge in [0.05, 0.1) is 5.69 Å². The number of carboxylic acids is 1. The lowest BCUT2D eigenvalue weighted by Crippen LogP contribution is -2.17. The molecule has 31 heavy (non-hydrogen) atoms. The summed E-state index contributed by atoms with van der Waals surface area (Å²) in [6.07, 6.45) is 0.273. The summed E-state index contributed by atoms with van der Waals surface area (Å²) in [7, 11) is 0. The number of nitrogens with one attached hydrogen (secondary N) is 1. The molecule has 0 bridgehead atoms. The summed E-state index contributed by atoms with van der Waals surface area (Å²) in [6, 6.07) is 7.66. The van der Waals surface area contributed by atoms with E-state index >= 15 is 0 Å². The number of hydrogen-bond donors (Lipinski definition) is 3. The highest BCUT2D eigenvalue weighted by Gasteiger charge is 2.15. The van der Waals surface area contributed by atoms with Gasteiger partial charge in [-0.25, -0.2) is 4.98 Å². The Morgan fingerprint density at radius 3 is 2.55 bits per heavy atom. The van der Waals surface area contributed by atoms with E-state index in [0.717, 1.165) is 16.7 Å². The van der Waals surface area contributed by atoms with Gasteiger partial charge in [-0.05, 0) is 56.9 Å². The van der Waals surface area contributed by atoms with Crippen molar-refractivity contribution < 1.29 is 15.0 Å². The first-order chi connectivity index (χ1) is 14.7. The molecule has 1 aromatic carbocycles. The van der Waals surface area contributed by atoms with Crippen molar-refractivity contribution in [2.24, 2.45) is 10.2 Å². The Kier molecular flexibility index (Phi) is 6.33. The maximum absolute atomic E-state index is 12.5. The number of carboxylic acid groups (broad SMARTS) is 1. The molecule has 0 unspecified atom stereocenters. The van der Waals surface area contributed by atoms with Gasteiger partial charge in [0.15, 0.2) is 11.4 Å². The first-order valence-electron chi connectivity index (χ1n) is 9.88. The minimum Gasteiger partial charge on any atom is -0.504 e. The SMILES string of the molecule is Cc1cc(-c2ccc(C)c(C)c2)c(O)c(N=Nc2c(C)[nH]n(CCCC(=O)O)c2=O)n1. The summed E-state index contributed by atoms with van der Waals surface area (Å²) in [6.45, 7) is 7.71. The van der Waals surface area contributed by atoms with Crippen molar-refractivity contribution in [3.8, 4) is 16.9 Å². The van der Waals surface area contributed by atoms with Crippen molar-refractivity contribution >= 4 is 17.5 Å². The van der Waals surface area contributed by atoms with E-state index < -0.39 is 11.5 Å². The number of aromatic hydroxyl groups is 1. The quantitative estimate of drug-likeness (QED) is 0.483. The van der Waals surface area contributed by atoms with Crippen molar-refractivity contribution in [3.05, 3.63) is 57.1 Å². The highest BCUT2D eigenvalue weighted by molar-refractivity contribution is 5.75. The van der Waals surface area contributed by atoms with Crippen molar-refractivity contribution in [2.45, 2.75) is 47.1 Å². The lowest BCUT2D eigenvalue weighted by molar-refractivity contribution is -0.137. The summed E-state index contributed by atoms with van der Waals surface area (Å²) in [4.78, 5) is 27.5. The van der Waals surface area contributed by atoms with E-state index in [4.69, 9.17) is 5.11 Å². The lowest BCUT2D eigenvalue weighted by Gasteiger charge is -2.10. The molecule has 0 radical (unpaired) electrons. The molecule has 0 saturated carbocycles. The highest BCUT2D eigenvalue weighted by Crippen LogP contribution is 2.37. The van der Waals surface area contributed by atoms with Crippen LogP contribution in [-0.2, 0) is 11.3 Å². The van der Waals surface area contributed by atoms with Crippen molar-refractivity contribution in [2.75, 3.05) is 0 Å². The van der Waals surface area contributed by atoms with Crippen LogP contribution >= 0.6 is 0 Å². The molecule has 0 aliphatic carbocycles. The number of aryl methyl sites for hydroxylation is 5. The molecule has 3 rings (SSSR count). The van der Waals surface area contributed by atoms with Crippen LogP contribution in [0.3, 0.4) is 0 Å². The number of H-pyrrole nitrogens is 1. The first-order valence-corrected chi connectivity index (χ1v) is 9.88. The van der Waals surface area contributed by atoms with E-state index in [2.05, 4.69) is 20.3 Å². The van der Waals surface area contributed by atoms with Crippen molar-refractivity contribution in [1.29, 1.82) is 0 Å². The summed E-state index contributed by atoms with van der Waals surface area (Å²) < 4.78 is 1.30. The third kappa shape index (κ3) is 4.88. The molecule has 162 valence electrons. The van der Waals surface area contributed by atoms with Crippen LogP contribution in [0.1, 0.15) is 35.4 Å².